The lowest BCUT2D eigenvalue weighted by Gasteiger charge is -2.28. The zero-order valence-electron chi connectivity index (χ0n) is 15.2. The van der Waals surface area contributed by atoms with Crippen molar-refractivity contribution < 1.29 is 14.3 Å². The number of rotatable bonds is 5. The summed E-state index contributed by atoms with van der Waals surface area (Å²) in [5.74, 6) is -1.43. The number of fused-ring (bicyclic) bond motifs is 1. The molecule has 0 fully saturated rings. The van der Waals surface area contributed by atoms with Crippen LogP contribution in [0.3, 0.4) is 0 Å². The SMILES string of the molecule is CCOC(=O)C1=C(NCc2ccc(C)cc2)C2C=CC=C(C)C2=NC1=O. The molecule has 1 aliphatic carbocycles. The lowest BCUT2D eigenvalue weighted by atomic mass is 9.85. The molecule has 0 bridgehead atoms. The molecule has 1 aromatic rings. The Bertz CT molecular complexity index is 858. The molecule has 1 atom stereocenters. The zero-order valence-corrected chi connectivity index (χ0v) is 15.2. The van der Waals surface area contributed by atoms with Gasteiger partial charge < -0.3 is 10.1 Å². The number of aryl methyl sites for hydroxylation is 1. The molecule has 5 heteroatoms. The Morgan fingerprint density at radius 1 is 1.23 bits per heavy atom. The van der Waals surface area contributed by atoms with Crippen LogP contribution in [0.4, 0.5) is 0 Å². The summed E-state index contributed by atoms with van der Waals surface area (Å²) in [4.78, 5) is 29.1. The minimum absolute atomic E-state index is 0.00735. The first-order chi connectivity index (χ1) is 12.5. The van der Waals surface area contributed by atoms with Crippen LogP contribution in [0.25, 0.3) is 0 Å². The van der Waals surface area contributed by atoms with Crippen molar-refractivity contribution in [2.45, 2.75) is 27.3 Å². The van der Waals surface area contributed by atoms with Gasteiger partial charge in [0.1, 0.15) is 5.57 Å². The average Bonchev–Trinajstić information content (AvgIpc) is 2.62. The van der Waals surface area contributed by atoms with Crippen LogP contribution in [0, 0.1) is 12.8 Å². The van der Waals surface area contributed by atoms with Crippen LogP contribution < -0.4 is 5.32 Å². The van der Waals surface area contributed by atoms with Crippen molar-refractivity contribution in [1.29, 1.82) is 0 Å². The number of benzene rings is 1. The number of carbonyl (C=O) groups excluding carboxylic acids is 2. The van der Waals surface area contributed by atoms with E-state index in [2.05, 4.69) is 10.3 Å². The molecule has 1 aromatic carbocycles. The molecule has 0 saturated heterocycles. The molecule has 1 aliphatic heterocycles. The van der Waals surface area contributed by atoms with E-state index in [9.17, 15) is 9.59 Å². The van der Waals surface area contributed by atoms with E-state index in [4.69, 9.17) is 4.74 Å². The maximum atomic E-state index is 12.5. The third kappa shape index (κ3) is 3.52. The molecule has 0 saturated carbocycles. The van der Waals surface area contributed by atoms with Crippen LogP contribution in [-0.4, -0.2) is 24.2 Å². The first-order valence-corrected chi connectivity index (χ1v) is 8.70. The molecule has 1 N–H and O–H groups in total. The quantitative estimate of drug-likeness (QED) is 0.655. The number of hydrogen-bond donors (Lipinski definition) is 1. The second kappa shape index (κ2) is 7.52. The maximum Gasteiger partial charge on any atom is 0.345 e. The van der Waals surface area contributed by atoms with Crippen LogP contribution in [0.5, 0.6) is 0 Å². The number of amides is 1. The van der Waals surface area contributed by atoms with Gasteiger partial charge in [-0.05, 0) is 31.9 Å². The van der Waals surface area contributed by atoms with Gasteiger partial charge in [-0.3, -0.25) is 4.79 Å². The number of esters is 1. The number of dihydropyridines is 1. The predicted octanol–water partition coefficient (Wildman–Crippen LogP) is 3.02. The van der Waals surface area contributed by atoms with Crippen LogP contribution in [0.2, 0.25) is 0 Å². The summed E-state index contributed by atoms with van der Waals surface area (Å²) < 4.78 is 5.09. The first-order valence-electron chi connectivity index (χ1n) is 8.70. The first kappa shape index (κ1) is 17.9. The van der Waals surface area contributed by atoms with E-state index < -0.39 is 11.9 Å². The van der Waals surface area contributed by atoms with Gasteiger partial charge in [0.2, 0.25) is 0 Å². The fraction of sp³-hybridized carbons (Fsp3) is 0.286. The van der Waals surface area contributed by atoms with Gasteiger partial charge in [0, 0.05) is 12.2 Å². The summed E-state index contributed by atoms with van der Waals surface area (Å²) in [6, 6.07) is 8.11. The minimum Gasteiger partial charge on any atom is -0.462 e. The van der Waals surface area contributed by atoms with Gasteiger partial charge in [0.15, 0.2) is 0 Å². The highest BCUT2D eigenvalue weighted by molar-refractivity contribution is 6.25. The Morgan fingerprint density at radius 2 is 1.96 bits per heavy atom. The molecular formula is C21H22N2O3. The van der Waals surface area contributed by atoms with E-state index in [0.717, 1.165) is 11.1 Å². The molecule has 5 nitrogen and oxygen atoms in total. The van der Waals surface area contributed by atoms with E-state index in [-0.39, 0.29) is 18.1 Å². The number of allylic oxidation sites excluding steroid dienone is 4. The van der Waals surface area contributed by atoms with Gasteiger partial charge in [-0.1, -0.05) is 48.1 Å². The molecule has 1 heterocycles. The maximum absolute atomic E-state index is 12.5. The van der Waals surface area contributed by atoms with Crippen molar-refractivity contribution in [2.75, 3.05) is 6.61 Å². The van der Waals surface area contributed by atoms with Crippen LogP contribution >= 0.6 is 0 Å². The minimum atomic E-state index is -0.632. The second-order valence-corrected chi connectivity index (χ2v) is 6.36. The topological polar surface area (TPSA) is 67.8 Å². The number of ether oxygens (including phenoxy) is 1. The highest BCUT2D eigenvalue weighted by atomic mass is 16.5. The summed E-state index contributed by atoms with van der Waals surface area (Å²) in [6.45, 7) is 6.37. The highest BCUT2D eigenvalue weighted by Crippen LogP contribution is 2.29. The summed E-state index contributed by atoms with van der Waals surface area (Å²) >= 11 is 0. The molecule has 1 amide bonds. The van der Waals surface area contributed by atoms with Crippen molar-refractivity contribution >= 4 is 17.6 Å². The number of aliphatic imine (C=N–C) groups is 1. The lowest BCUT2D eigenvalue weighted by molar-refractivity contribution is -0.140. The second-order valence-electron chi connectivity index (χ2n) is 6.36. The predicted molar refractivity (Wildman–Crippen MR) is 101 cm³/mol. The van der Waals surface area contributed by atoms with E-state index in [1.54, 1.807) is 6.92 Å². The molecule has 0 aromatic heterocycles. The third-order valence-electron chi connectivity index (χ3n) is 4.45. The Morgan fingerprint density at radius 3 is 2.65 bits per heavy atom. The number of carbonyl (C=O) groups is 2. The van der Waals surface area contributed by atoms with Gasteiger partial charge >= 0.3 is 5.97 Å². The van der Waals surface area contributed by atoms with Gasteiger partial charge in [-0.15, -0.1) is 0 Å². The largest absolute Gasteiger partial charge is 0.462 e. The zero-order chi connectivity index (χ0) is 18.7. The van der Waals surface area contributed by atoms with E-state index in [1.165, 1.54) is 5.56 Å². The van der Waals surface area contributed by atoms with Crippen molar-refractivity contribution in [3.05, 3.63) is 70.5 Å². The normalized spacial score (nSPS) is 18.9. The fourth-order valence-corrected chi connectivity index (χ4v) is 3.06. The highest BCUT2D eigenvalue weighted by Gasteiger charge is 2.36. The Labute approximate surface area is 153 Å². The number of nitrogens with one attached hydrogen (secondary N) is 1. The van der Waals surface area contributed by atoms with Gasteiger partial charge in [0.25, 0.3) is 5.91 Å². The van der Waals surface area contributed by atoms with E-state index in [1.807, 2.05) is 56.3 Å². The van der Waals surface area contributed by atoms with Crippen molar-refractivity contribution in [3.8, 4) is 0 Å². The molecule has 26 heavy (non-hydrogen) atoms. The van der Waals surface area contributed by atoms with Crippen molar-refractivity contribution in [2.24, 2.45) is 10.9 Å². The van der Waals surface area contributed by atoms with Crippen LogP contribution in [-0.2, 0) is 20.9 Å². The molecule has 3 rings (SSSR count). The summed E-state index contributed by atoms with van der Waals surface area (Å²) in [5, 5.41) is 3.30. The Hall–Kier alpha value is -2.95. The molecule has 1 unspecified atom stereocenters. The summed E-state index contributed by atoms with van der Waals surface area (Å²) in [6.07, 6.45) is 5.77. The van der Waals surface area contributed by atoms with Crippen molar-refractivity contribution in [3.63, 3.8) is 0 Å². The van der Waals surface area contributed by atoms with Gasteiger partial charge in [-0.25, -0.2) is 9.79 Å². The lowest BCUT2D eigenvalue weighted by Crippen LogP contribution is -2.36. The Kier molecular flexibility index (Phi) is 5.16. The van der Waals surface area contributed by atoms with E-state index >= 15 is 0 Å². The van der Waals surface area contributed by atoms with Gasteiger partial charge in [-0.2, -0.15) is 0 Å². The monoisotopic (exact) mass is 350 g/mol. The molecule has 2 aliphatic rings. The fourth-order valence-electron chi connectivity index (χ4n) is 3.06. The number of hydrogen-bond acceptors (Lipinski definition) is 4. The summed E-state index contributed by atoms with van der Waals surface area (Å²) in [5.41, 5.74) is 4.39. The Balaban J connectivity index is 1.95. The third-order valence-corrected chi connectivity index (χ3v) is 4.45. The standard InChI is InChI=1S/C21H22N2O3/c1-4-26-21(25)17-19(22-12-15-10-8-13(2)9-11-15)16-7-5-6-14(3)18(16)23-20(17)24/h5-11,16,22H,4,12H2,1-3H3. The van der Waals surface area contributed by atoms with Crippen LogP contribution in [0.1, 0.15) is 25.0 Å². The summed E-state index contributed by atoms with van der Waals surface area (Å²) in [7, 11) is 0. The number of nitrogens with zero attached hydrogens (tertiary/aromatic N) is 1. The average molecular weight is 350 g/mol. The van der Waals surface area contributed by atoms with E-state index in [0.29, 0.717) is 18.0 Å². The molecule has 134 valence electrons. The van der Waals surface area contributed by atoms with Gasteiger partial charge in [0.05, 0.1) is 18.2 Å². The molecule has 0 radical (unpaired) electrons. The van der Waals surface area contributed by atoms with Crippen LogP contribution in [0.15, 0.2) is 64.3 Å². The molecule has 0 spiro atoms. The van der Waals surface area contributed by atoms with Crippen molar-refractivity contribution in [1.82, 2.24) is 5.32 Å². The molecular weight excluding hydrogens is 328 g/mol. The smallest absolute Gasteiger partial charge is 0.345 e.